The summed E-state index contributed by atoms with van der Waals surface area (Å²) < 4.78 is 5.61. The van der Waals surface area contributed by atoms with Gasteiger partial charge in [0.05, 0.1) is 18.1 Å². The van der Waals surface area contributed by atoms with E-state index in [-0.39, 0.29) is 24.0 Å². The van der Waals surface area contributed by atoms with Gasteiger partial charge in [0.2, 0.25) is 5.91 Å². The van der Waals surface area contributed by atoms with Gasteiger partial charge >= 0.3 is 0 Å². The summed E-state index contributed by atoms with van der Waals surface area (Å²) in [4.78, 5) is 11.0. The predicted molar refractivity (Wildman–Crippen MR) is 44.3 cm³/mol. The minimum atomic E-state index is -0.214. The Balaban J connectivity index is 2.11. The van der Waals surface area contributed by atoms with Gasteiger partial charge in [-0.05, 0) is 19.3 Å². The lowest BCUT2D eigenvalue weighted by Crippen LogP contribution is -2.42. The molecule has 3 unspecified atom stereocenters. The molecule has 2 bridgehead atoms. The zero-order valence-corrected chi connectivity index (χ0v) is 6.90. The van der Waals surface area contributed by atoms with E-state index in [0.717, 1.165) is 19.3 Å². The largest absolute Gasteiger partial charge is 0.370 e. The first-order valence-electron chi connectivity index (χ1n) is 4.39. The van der Waals surface area contributed by atoms with Crippen molar-refractivity contribution in [3.05, 3.63) is 12.2 Å². The van der Waals surface area contributed by atoms with Crippen LogP contribution in [0.1, 0.15) is 19.3 Å². The predicted octanol–water partition coefficient (Wildman–Crippen LogP) is 0.595. The van der Waals surface area contributed by atoms with Gasteiger partial charge in [0.25, 0.3) is 0 Å². The van der Waals surface area contributed by atoms with Crippen LogP contribution in [-0.2, 0) is 9.53 Å². The van der Waals surface area contributed by atoms with E-state index in [2.05, 4.69) is 12.2 Å². The molecule has 0 aromatic rings. The smallest absolute Gasteiger partial charge is 0.223 e. The molecule has 3 atom stereocenters. The standard InChI is InChI=1S/C9H13NO2/c10-9(11)7-5-4-6-2-1-3-8(7)12-6/h1-2,6-8H,3-5H2,(H2,10,11). The van der Waals surface area contributed by atoms with E-state index in [0.29, 0.717) is 0 Å². The average molecular weight is 167 g/mol. The van der Waals surface area contributed by atoms with Crippen LogP contribution in [0.15, 0.2) is 12.2 Å². The highest BCUT2D eigenvalue weighted by molar-refractivity contribution is 5.77. The van der Waals surface area contributed by atoms with E-state index in [1.54, 1.807) is 0 Å². The van der Waals surface area contributed by atoms with Gasteiger partial charge in [-0.1, -0.05) is 12.2 Å². The van der Waals surface area contributed by atoms with Crippen LogP contribution in [0.2, 0.25) is 0 Å². The number of ether oxygens (including phenoxy) is 1. The first-order valence-corrected chi connectivity index (χ1v) is 4.39. The molecule has 2 aliphatic rings. The summed E-state index contributed by atoms with van der Waals surface area (Å²) in [6.07, 6.45) is 7.10. The van der Waals surface area contributed by atoms with Gasteiger partial charge in [-0.15, -0.1) is 0 Å². The Hall–Kier alpha value is -0.830. The second-order valence-corrected chi connectivity index (χ2v) is 3.46. The summed E-state index contributed by atoms with van der Waals surface area (Å²) in [6.45, 7) is 0. The fourth-order valence-electron chi connectivity index (χ4n) is 1.97. The van der Waals surface area contributed by atoms with Crippen molar-refractivity contribution in [2.45, 2.75) is 31.5 Å². The van der Waals surface area contributed by atoms with Crippen molar-refractivity contribution in [3.8, 4) is 0 Å². The molecule has 66 valence electrons. The molecule has 0 spiro atoms. The number of carbonyl (C=O) groups is 1. The van der Waals surface area contributed by atoms with Gasteiger partial charge < -0.3 is 10.5 Å². The third-order valence-electron chi connectivity index (χ3n) is 2.65. The lowest BCUT2D eigenvalue weighted by Gasteiger charge is -2.36. The zero-order valence-electron chi connectivity index (χ0n) is 6.90. The number of hydrogen-bond acceptors (Lipinski definition) is 2. The van der Waals surface area contributed by atoms with E-state index in [9.17, 15) is 4.79 Å². The molecule has 0 aliphatic carbocycles. The van der Waals surface area contributed by atoms with Crippen molar-refractivity contribution in [1.29, 1.82) is 0 Å². The molecular formula is C9H13NO2. The van der Waals surface area contributed by atoms with E-state index in [4.69, 9.17) is 10.5 Å². The van der Waals surface area contributed by atoms with Gasteiger partial charge in [-0.25, -0.2) is 0 Å². The molecule has 12 heavy (non-hydrogen) atoms. The molecule has 1 fully saturated rings. The van der Waals surface area contributed by atoms with Crippen LogP contribution in [0, 0.1) is 5.92 Å². The summed E-state index contributed by atoms with van der Waals surface area (Å²) in [5.41, 5.74) is 5.26. The molecule has 0 saturated carbocycles. The van der Waals surface area contributed by atoms with Gasteiger partial charge in [-0.3, -0.25) is 4.79 Å². The summed E-state index contributed by atoms with van der Waals surface area (Å²) in [7, 11) is 0. The molecule has 2 rings (SSSR count). The molecule has 2 aliphatic heterocycles. The highest BCUT2D eigenvalue weighted by atomic mass is 16.5. The first kappa shape index (κ1) is 7.80. The highest BCUT2D eigenvalue weighted by Crippen LogP contribution is 2.30. The Morgan fingerprint density at radius 2 is 2.33 bits per heavy atom. The molecule has 0 aromatic carbocycles. The maximum Gasteiger partial charge on any atom is 0.223 e. The number of nitrogens with two attached hydrogens (primary N) is 1. The number of fused-ring (bicyclic) bond motifs is 2. The van der Waals surface area contributed by atoms with E-state index in [1.165, 1.54) is 0 Å². The second kappa shape index (κ2) is 2.90. The zero-order chi connectivity index (χ0) is 8.55. The van der Waals surface area contributed by atoms with Crippen LogP contribution in [-0.4, -0.2) is 18.1 Å². The minimum absolute atomic E-state index is 0.0475. The van der Waals surface area contributed by atoms with Crippen LogP contribution < -0.4 is 5.73 Å². The van der Waals surface area contributed by atoms with Crippen molar-refractivity contribution in [2.75, 3.05) is 0 Å². The van der Waals surface area contributed by atoms with Crippen molar-refractivity contribution in [1.82, 2.24) is 0 Å². The van der Waals surface area contributed by atoms with Crippen molar-refractivity contribution in [2.24, 2.45) is 11.7 Å². The van der Waals surface area contributed by atoms with Crippen LogP contribution in [0.5, 0.6) is 0 Å². The maximum absolute atomic E-state index is 11.0. The number of carbonyl (C=O) groups excluding carboxylic acids is 1. The summed E-state index contributed by atoms with van der Waals surface area (Å²) in [6, 6.07) is 0. The van der Waals surface area contributed by atoms with Crippen molar-refractivity contribution < 1.29 is 9.53 Å². The Morgan fingerprint density at radius 1 is 1.50 bits per heavy atom. The third-order valence-corrected chi connectivity index (χ3v) is 2.65. The Kier molecular flexibility index (Phi) is 1.89. The molecule has 3 nitrogen and oxygen atoms in total. The van der Waals surface area contributed by atoms with Gasteiger partial charge in [-0.2, -0.15) is 0 Å². The molecule has 1 saturated heterocycles. The SMILES string of the molecule is NC(=O)C1CCC2C=CCC1O2. The summed E-state index contributed by atoms with van der Waals surface area (Å²) in [5, 5.41) is 0. The van der Waals surface area contributed by atoms with Gasteiger partial charge in [0.15, 0.2) is 0 Å². The number of rotatable bonds is 1. The Labute approximate surface area is 71.6 Å². The molecule has 0 aromatic heterocycles. The lowest BCUT2D eigenvalue weighted by atomic mass is 9.86. The average Bonchev–Trinajstić information content (AvgIpc) is 2.04. The van der Waals surface area contributed by atoms with Crippen LogP contribution >= 0.6 is 0 Å². The third kappa shape index (κ3) is 1.25. The number of primary amides is 1. The van der Waals surface area contributed by atoms with Crippen LogP contribution in [0.3, 0.4) is 0 Å². The van der Waals surface area contributed by atoms with Gasteiger partial charge in [0.1, 0.15) is 0 Å². The number of amides is 1. The first-order chi connectivity index (χ1) is 5.77. The normalized spacial score (nSPS) is 39.5. The molecule has 3 heteroatoms. The fourth-order valence-corrected chi connectivity index (χ4v) is 1.97. The van der Waals surface area contributed by atoms with Gasteiger partial charge in [0, 0.05) is 0 Å². The monoisotopic (exact) mass is 167 g/mol. The molecule has 2 heterocycles. The summed E-state index contributed by atoms with van der Waals surface area (Å²) in [5.74, 6) is -0.278. The topological polar surface area (TPSA) is 52.3 Å². The van der Waals surface area contributed by atoms with Crippen LogP contribution in [0.4, 0.5) is 0 Å². The van der Waals surface area contributed by atoms with Crippen molar-refractivity contribution in [3.63, 3.8) is 0 Å². The molecular weight excluding hydrogens is 154 g/mol. The van der Waals surface area contributed by atoms with E-state index < -0.39 is 0 Å². The van der Waals surface area contributed by atoms with Crippen LogP contribution in [0.25, 0.3) is 0 Å². The van der Waals surface area contributed by atoms with E-state index in [1.807, 2.05) is 0 Å². The second-order valence-electron chi connectivity index (χ2n) is 3.46. The quantitative estimate of drug-likeness (QED) is 0.581. The molecule has 2 N–H and O–H groups in total. The number of hydrogen-bond donors (Lipinski definition) is 1. The summed E-state index contributed by atoms with van der Waals surface area (Å²) >= 11 is 0. The van der Waals surface area contributed by atoms with Crippen molar-refractivity contribution >= 4 is 5.91 Å². The fraction of sp³-hybridized carbons (Fsp3) is 0.667. The molecule has 0 radical (unpaired) electrons. The van der Waals surface area contributed by atoms with E-state index >= 15 is 0 Å². The maximum atomic E-state index is 11.0. The minimum Gasteiger partial charge on any atom is -0.370 e. The molecule has 1 amide bonds. The lowest BCUT2D eigenvalue weighted by molar-refractivity contribution is -0.135. The highest BCUT2D eigenvalue weighted by Gasteiger charge is 2.34. The Morgan fingerprint density at radius 3 is 3.08 bits per heavy atom. The Bertz CT molecular complexity index is 225.